The Morgan fingerprint density at radius 2 is 1.77 bits per heavy atom. The number of para-hydroxylation sites is 1. The van der Waals surface area contributed by atoms with Gasteiger partial charge in [0.15, 0.2) is 0 Å². The molecular weight excluding hydrogens is 532 g/mol. The zero-order chi connectivity index (χ0) is 28.9. The molecule has 0 radical (unpaired) electrons. The Bertz CT molecular complexity index is 1640. The molecule has 8 nitrogen and oxygen atoms in total. The summed E-state index contributed by atoms with van der Waals surface area (Å²) in [6.07, 6.45) is -5.33. The first kappa shape index (κ1) is 27.0. The number of aromatic nitrogens is 2. The fourth-order valence-corrected chi connectivity index (χ4v) is 4.43. The molecule has 5 rings (SSSR count). The second kappa shape index (κ2) is 9.56. The number of amides is 2. The predicted molar refractivity (Wildman–Crippen MR) is 136 cm³/mol. The van der Waals surface area contributed by atoms with Gasteiger partial charge in [0.25, 0.3) is 5.91 Å². The summed E-state index contributed by atoms with van der Waals surface area (Å²) in [6, 6.07) is 15.4. The molecule has 2 amide bonds. The summed E-state index contributed by atoms with van der Waals surface area (Å²) in [5, 5.41) is 13.9. The summed E-state index contributed by atoms with van der Waals surface area (Å²) in [6.45, 7) is -0.225. The quantitative estimate of drug-likeness (QED) is 0.312. The van der Waals surface area contributed by atoms with Gasteiger partial charge >= 0.3 is 6.18 Å². The van der Waals surface area contributed by atoms with Crippen LogP contribution in [0, 0.1) is 5.82 Å². The summed E-state index contributed by atoms with van der Waals surface area (Å²) in [5.41, 5.74) is -0.336. The van der Waals surface area contributed by atoms with E-state index in [0.29, 0.717) is 5.52 Å². The first-order valence-electron chi connectivity index (χ1n) is 12.0. The summed E-state index contributed by atoms with van der Waals surface area (Å²) >= 11 is 0. The molecule has 0 bridgehead atoms. The van der Waals surface area contributed by atoms with Crippen LogP contribution in [0.15, 0.2) is 66.7 Å². The van der Waals surface area contributed by atoms with E-state index in [9.17, 15) is 32.3 Å². The number of rotatable bonds is 6. The van der Waals surface area contributed by atoms with Crippen LogP contribution in [-0.2, 0) is 15.8 Å². The third-order valence-corrected chi connectivity index (χ3v) is 6.96. The molecular formula is C28H22F4N4O4. The number of hydrogen-bond donors (Lipinski definition) is 3. The zero-order valence-corrected chi connectivity index (χ0v) is 20.9. The second-order valence-corrected chi connectivity index (χ2v) is 9.65. The molecule has 4 aromatic rings. The monoisotopic (exact) mass is 554 g/mol. The maximum atomic E-state index is 14.5. The predicted octanol–water partition coefficient (Wildman–Crippen LogP) is 3.75. The molecule has 1 aliphatic heterocycles. The lowest BCUT2D eigenvalue weighted by molar-refractivity contribution is -0.265. The zero-order valence-electron chi connectivity index (χ0n) is 20.9. The first-order valence-corrected chi connectivity index (χ1v) is 12.0. The summed E-state index contributed by atoms with van der Waals surface area (Å²) in [4.78, 5) is 33.4. The van der Waals surface area contributed by atoms with Gasteiger partial charge in [-0.15, -0.1) is 0 Å². The van der Waals surface area contributed by atoms with Crippen LogP contribution in [-0.4, -0.2) is 46.2 Å². The molecule has 0 fully saturated rings. The number of benzene rings is 2. The summed E-state index contributed by atoms with van der Waals surface area (Å²) in [7, 11) is 0. The van der Waals surface area contributed by atoms with Crippen LogP contribution in [0.4, 0.5) is 17.6 Å². The van der Waals surface area contributed by atoms with Gasteiger partial charge in [-0.05, 0) is 49.4 Å². The van der Waals surface area contributed by atoms with Crippen LogP contribution in [0.5, 0.6) is 5.75 Å². The van der Waals surface area contributed by atoms with E-state index in [1.54, 1.807) is 30.3 Å². The van der Waals surface area contributed by atoms with Gasteiger partial charge in [0.05, 0.1) is 17.8 Å². The summed E-state index contributed by atoms with van der Waals surface area (Å²) < 4.78 is 62.8. The molecule has 3 heterocycles. The maximum Gasteiger partial charge on any atom is 0.424 e. The van der Waals surface area contributed by atoms with Gasteiger partial charge in [0.2, 0.25) is 11.5 Å². The van der Waals surface area contributed by atoms with E-state index < -0.39 is 47.1 Å². The van der Waals surface area contributed by atoms with Crippen molar-refractivity contribution < 1.29 is 37.0 Å². The highest BCUT2D eigenvalue weighted by Gasteiger charge is 2.57. The molecule has 0 aliphatic carbocycles. The minimum Gasteiger partial charge on any atom is -0.489 e. The summed E-state index contributed by atoms with van der Waals surface area (Å²) in [5.74, 6) is -2.46. The van der Waals surface area contributed by atoms with E-state index in [2.05, 4.69) is 15.3 Å². The SMILES string of the molecule is C[C@]1(C(N)=O)COc2c1cc(C(O)(CNC(=O)c1ccc3ccccc3n1)C(F)(F)F)nc2-c1ccc(F)cc1. The molecule has 2 aromatic heterocycles. The smallest absolute Gasteiger partial charge is 0.424 e. The van der Waals surface area contributed by atoms with Crippen LogP contribution in [0.25, 0.3) is 22.2 Å². The van der Waals surface area contributed by atoms with Gasteiger partial charge in [0, 0.05) is 16.5 Å². The molecule has 4 N–H and O–H groups in total. The number of aliphatic hydroxyl groups is 1. The minimum atomic E-state index is -5.33. The molecule has 2 atom stereocenters. The normalized spacial score (nSPS) is 18.1. The Labute approximate surface area is 224 Å². The average Bonchev–Trinajstić information content (AvgIpc) is 3.28. The van der Waals surface area contributed by atoms with Crippen molar-refractivity contribution >= 4 is 22.7 Å². The van der Waals surface area contributed by atoms with Crippen molar-refractivity contribution in [1.29, 1.82) is 0 Å². The van der Waals surface area contributed by atoms with Crippen LogP contribution in [0.2, 0.25) is 0 Å². The van der Waals surface area contributed by atoms with Gasteiger partial charge in [0.1, 0.15) is 35.0 Å². The van der Waals surface area contributed by atoms with Crippen molar-refractivity contribution in [2.45, 2.75) is 24.1 Å². The third kappa shape index (κ3) is 4.49. The van der Waals surface area contributed by atoms with Crippen molar-refractivity contribution in [3.63, 3.8) is 0 Å². The van der Waals surface area contributed by atoms with Gasteiger partial charge in [-0.1, -0.05) is 24.3 Å². The van der Waals surface area contributed by atoms with Crippen molar-refractivity contribution in [3.05, 3.63) is 89.5 Å². The van der Waals surface area contributed by atoms with E-state index in [1.807, 2.05) is 0 Å². The number of ether oxygens (including phenoxy) is 1. The standard InChI is InChI=1S/C28H22F4N4O4/c1-26(25(33)38)14-40-23-18(26)12-21(36-22(23)16-6-9-17(29)10-7-16)27(39,28(30,31)32)13-34-24(37)20-11-8-15-4-2-3-5-19(15)35-20/h2-12,39H,13-14H2,1H3,(H2,33,38)(H,34,37)/t26-,27?/m0/s1. The fraction of sp³-hybridized carbons (Fsp3) is 0.214. The number of fused-ring (bicyclic) bond motifs is 2. The molecule has 1 aliphatic rings. The minimum absolute atomic E-state index is 0.0226. The van der Waals surface area contributed by atoms with Crippen molar-refractivity contribution in [2.24, 2.45) is 5.73 Å². The number of halogens is 4. The number of hydrogen-bond acceptors (Lipinski definition) is 6. The number of nitrogens with one attached hydrogen (secondary N) is 1. The number of nitrogens with two attached hydrogens (primary N) is 1. The Hall–Kier alpha value is -4.58. The number of carbonyl (C=O) groups excluding carboxylic acids is 2. The third-order valence-electron chi connectivity index (χ3n) is 6.96. The van der Waals surface area contributed by atoms with Crippen LogP contribution < -0.4 is 15.8 Å². The number of carbonyl (C=O) groups is 2. The molecule has 12 heteroatoms. The lowest BCUT2D eigenvalue weighted by Gasteiger charge is -2.31. The first-order chi connectivity index (χ1) is 18.8. The van der Waals surface area contributed by atoms with Crippen LogP contribution in [0.1, 0.15) is 28.7 Å². The van der Waals surface area contributed by atoms with E-state index in [1.165, 1.54) is 25.1 Å². The van der Waals surface area contributed by atoms with Crippen LogP contribution >= 0.6 is 0 Å². The fourth-order valence-electron chi connectivity index (χ4n) is 4.43. The Morgan fingerprint density at radius 3 is 2.45 bits per heavy atom. The van der Waals surface area contributed by atoms with E-state index >= 15 is 0 Å². The average molecular weight is 555 g/mol. The molecule has 0 saturated carbocycles. The van der Waals surface area contributed by atoms with Crippen molar-refractivity contribution in [3.8, 4) is 17.0 Å². The Kier molecular flexibility index (Phi) is 6.45. The molecule has 40 heavy (non-hydrogen) atoms. The van der Waals surface area contributed by atoms with E-state index in [0.717, 1.165) is 23.6 Å². The Morgan fingerprint density at radius 1 is 1.07 bits per heavy atom. The number of pyridine rings is 2. The highest BCUT2D eigenvalue weighted by atomic mass is 19.4. The van der Waals surface area contributed by atoms with Gasteiger partial charge < -0.3 is 20.9 Å². The number of nitrogens with zero attached hydrogens (tertiary/aromatic N) is 2. The highest BCUT2D eigenvalue weighted by molar-refractivity contribution is 5.95. The number of primary amides is 1. The van der Waals surface area contributed by atoms with Crippen molar-refractivity contribution in [2.75, 3.05) is 13.2 Å². The van der Waals surface area contributed by atoms with E-state index in [4.69, 9.17) is 10.5 Å². The topological polar surface area (TPSA) is 127 Å². The van der Waals surface area contributed by atoms with Gasteiger partial charge in [-0.2, -0.15) is 13.2 Å². The lowest BCUT2D eigenvalue weighted by Crippen LogP contribution is -2.52. The van der Waals surface area contributed by atoms with E-state index in [-0.39, 0.29) is 34.9 Å². The van der Waals surface area contributed by atoms with Gasteiger partial charge in [-0.3, -0.25) is 9.59 Å². The molecule has 206 valence electrons. The molecule has 1 unspecified atom stereocenters. The molecule has 2 aromatic carbocycles. The second-order valence-electron chi connectivity index (χ2n) is 9.65. The molecule has 0 spiro atoms. The number of alkyl halides is 3. The highest BCUT2D eigenvalue weighted by Crippen LogP contribution is 2.47. The Balaban J connectivity index is 1.58. The largest absolute Gasteiger partial charge is 0.489 e. The van der Waals surface area contributed by atoms with Gasteiger partial charge in [-0.25, -0.2) is 14.4 Å². The lowest BCUT2D eigenvalue weighted by atomic mass is 9.81. The van der Waals surface area contributed by atoms with Crippen molar-refractivity contribution in [1.82, 2.24) is 15.3 Å². The molecule has 0 saturated heterocycles. The van der Waals surface area contributed by atoms with Crippen LogP contribution in [0.3, 0.4) is 0 Å². The maximum absolute atomic E-state index is 14.5.